The number of rotatable bonds is 1. The van der Waals surface area contributed by atoms with Crippen LogP contribution in [0.4, 0.5) is 14.7 Å². The summed E-state index contributed by atoms with van der Waals surface area (Å²) in [4.78, 5) is 3.96. The van der Waals surface area contributed by atoms with Crippen molar-refractivity contribution in [1.82, 2.24) is 9.55 Å². The van der Waals surface area contributed by atoms with Gasteiger partial charge >= 0.3 is 0 Å². The van der Waals surface area contributed by atoms with E-state index in [-0.39, 0.29) is 17.0 Å². The van der Waals surface area contributed by atoms with Crippen LogP contribution in [0.5, 0.6) is 0 Å². The number of fused-ring (bicyclic) bond motifs is 1. The predicted octanol–water partition coefficient (Wildman–Crippen LogP) is 3.85. The molecule has 0 aliphatic rings. The van der Waals surface area contributed by atoms with Gasteiger partial charge < -0.3 is 5.73 Å². The van der Waals surface area contributed by atoms with E-state index in [1.165, 1.54) is 10.6 Å². The fraction of sp³-hybridized carbons (Fsp3) is 0.0714. The third-order valence-corrected chi connectivity index (χ3v) is 3.35. The SMILES string of the molecule is Cc1ccc(Cl)cc1-n1c(N)nc2c(F)cc(F)cc21. The summed E-state index contributed by atoms with van der Waals surface area (Å²) in [6.07, 6.45) is 0. The fourth-order valence-electron chi connectivity index (χ4n) is 2.20. The molecule has 2 aromatic carbocycles. The zero-order valence-corrected chi connectivity index (χ0v) is 11.2. The van der Waals surface area contributed by atoms with E-state index in [2.05, 4.69) is 4.98 Å². The van der Waals surface area contributed by atoms with Gasteiger partial charge in [-0.1, -0.05) is 17.7 Å². The van der Waals surface area contributed by atoms with Crippen LogP contribution in [-0.4, -0.2) is 9.55 Å². The second kappa shape index (κ2) is 4.45. The molecule has 0 saturated heterocycles. The van der Waals surface area contributed by atoms with E-state index in [0.717, 1.165) is 11.6 Å². The lowest BCUT2D eigenvalue weighted by Gasteiger charge is -2.10. The van der Waals surface area contributed by atoms with Gasteiger partial charge in [-0.15, -0.1) is 0 Å². The van der Waals surface area contributed by atoms with E-state index in [1.54, 1.807) is 18.2 Å². The van der Waals surface area contributed by atoms with Crippen molar-refractivity contribution in [3.8, 4) is 5.69 Å². The number of nitrogens with two attached hydrogens (primary N) is 1. The van der Waals surface area contributed by atoms with E-state index >= 15 is 0 Å². The molecular weight excluding hydrogens is 284 g/mol. The number of aromatic nitrogens is 2. The molecule has 1 aromatic heterocycles. The summed E-state index contributed by atoms with van der Waals surface area (Å²) in [5, 5.41) is 0.503. The van der Waals surface area contributed by atoms with Crippen LogP contribution in [0.3, 0.4) is 0 Å². The number of hydrogen-bond acceptors (Lipinski definition) is 2. The van der Waals surface area contributed by atoms with Crippen LogP contribution in [0.1, 0.15) is 5.56 Å². The summed E-state index contributed by atoms with van der Waals surface area (Å²) in [6.45, 7) is 1.85. The van der Waals surface area contributed by atoms with Gasteiger partial charge in [0.2, 0.25) is 5.95 Å². The Morgan fingerprint density at radius 1 is 1.20 bits per heavy atom. The first-order valence-electron chi connectivity index (χ1n) is 5.87. The Balaban J connectivity index is 2.42. The minimum atomic E-state index is -0.745. The van der Waals surface area contributed by atoms with Gasteiger partial charge in [0, 0.05) is 17.2 Å². The first kappa shape index (κ1) is 12.9. The number of aryl methyl sites for hydroxylation is 1. The maximum Gasteiger partial charge on any atom is 0.206 e. The molecule has 0 atom stereocenters. The molecule has 20 heavy (non-hydrogen) atoms. The zero-order chi connectivity index (χ0) is 14.4. The number of nitrogen functional groups attached to an aromatic ring is 1. The number of imidazole rings is 1. The van der Waals surface area contributed by atoms with Gasteiger partial charge in [0.1, 0.15) is 11.3 Å². The van der Waals surface area contributed by atoms with Crippen LogP contribution < -0.4 is 5.73 Å². The number of anilines is 1. The molecule has 1 heterocycles. The molecule has 0 bridgehead atoms. The molecule has 0 fully saturated rings. The lowest BCUT2D eigenvalue weighted by atomic mass is 10.2. The molecule has 0 unspecified atom stereocenters. The van der Waals surface area contributed by atoms with E-state index < -0.39 is 11.6 Å². The Morgan fingerprint density at radius 3 is 2.70 bits per heavy atom. The van der Waals surface area contributed by atoms with Crippen LogP contribution >= 0.6 is 11.6 Å². The highest BCUT2D eigenvalue weighted by molar-refractivity contribution is 6.30. The largest absolute Gasteiger partial charge is 0.369 e. The highest BCUT2D eigenvalue weighted by atomic mass is 35.5. The molecule has 6 heteroatoms. The Kier molecular flexibility index (Phi) is 2.87. The van der Waals surface area contributed by atoms with E-state index in [9.17, 15) is 8.78 Å². The van der Waals surface area contributed by atoms with Gasteiger partial charge in [-0.3, -0.25) is 4.57 Å². The molecule has 3 aromatic rings. The molecule has 0 aliphatic carbocycles. The minimum absolute atomic E-state index is 0.0308. The molecule has 0 radical (unpaired) electrons. The van der Waals surface area contributed by atoms with E-state index in [1.807, 2.05) is 6.92 Å². The van der Waals surface area contributed by atoms with Crippen molar-refractivity contribution < 1.29 is 8.78 Å². The van der Waals surface area contributed by atoms with Crippen molar-refractivity contribution in [1.29, 1.82) is 0 Å². The number of benzene rings is 2. The van der Waals surface area contributed by atoms with Crippen LogP contribution in [0, 0.1) is 18.6 Å². The summed E-state index contributed by atoms with van der Waals surface area (Å²) in [5.41, 5.74) is 7.65. The normalized spacial score (nSPS) is 11.2. The molecule has 2 N–H and O–H groups in total. The van der Waals surface area contributed by atoms with Crippen molar-refractivity contribution in [2.75, 3.05) is 5.73 Å². The van der Waals surface area contributed by atoms with Gasteiger partial charge in [-0.2, -0.15) is 0 Å². The summed E-state index contributed by atoms with van der Waals surface area (Å²) in [6, 6.07) is 7.19. The predicted molar refractivity (Wildman–Crippen MR) is 75.1 cm³/mol. The number of nitrogens with zero attached hydrogens (tertiary/aromatic N) is 2. The molecule has 0 saturated carbocycles. The van der Waals surface area contributed by atoms with Crippen molar-refractivity contribution in [2.45, 2.75) is 6.92 Å². The van der Waals surface area contributed by atoms with Gasteiger partial charge in [0.05, 0.1) is 11.2 Å². The number of halogens is 3. The van der Waals surface area contributed by atoms with E-state index in [0.29, 0.717) is 10.7 Å². The van der Waals surface area contributed by atoms with Crippen LogP contribution in [0.25, 0.3) is 16.7 Å². The summed E-state index contributed by atoms with van der Waals surface area (Å²) in [5.74, 6) is -1.35. The molecular formula is C14H10ClF2N3. The zero-order valence-electron chi connectivity index (χ0n) is 10.5. The van der Waals surface area contributed by atoms with Crippen LogP contribution in [0.2, 0.25) is 5.02 Å². The van der Waals surface area contributed by atoms with Gasteiger partial charge in [0.25, 0.3) is 0 Å². The monoisotopic (exact) mass is 293 g/mol. The first-order valence-corrected chi connectivity index (χ1v) is 6.24. The lowest BCUT2D eigenvalue weighted by Crippen LogP contribution is -2.02. The third-order valence-electron chi connectivity index (χ3n) is 3.12. The van der Waals surface area contributed by atoms with Crippen molar-refractivity contribution in [3.05, 3.63) is 52.6 Å². The highest BCUT2D eigenvalue weighted by Gasteiger charge is 2.16. The topological polar surface area (TPSA) is 43.8 Å². The second-order valence-electron chi connectivity index (χ2n) is 4.49. The molecule has 0 amide bonds. The quantitative estimate of drug-likeness (QED) is 0.740. The van der Waals surface area contributed by atoms with Crippen molar-refractivity contribution in [3.63, 3.8) is 0 Å². The maximum absolute atomic E-state index is 13.7. The lowest BCUT2D eigenvalue weighted by molar-refractivity contribution is 0.590. The number of hydrogen-bond donors (Lipinski definition) is 1. The Labute approximate surface area is 118 Å². The summed E-state index contributed by atoms with van der Waals surface area (Å²) in [7, 11) is 0. The minimum Gasteiger partial charge on any atom is -0.369 e. The third kappa shape index (κ3) is 1.91. The van der Waals surface area contributed by atoms with Gasteiger partial charge in [-0.05, 0) is 24.6 Å². The van der Waals surface area contributed by atoms with Crippen LogP contribution in [0.15, 0.2) is 30.3 Å². The second-order valence-corrected chi connectivity index (χ2v) is 4.93. The standard InChI is InChI=1S/C14H10ClF2N3/c1-7-2-3-8(15)4-11(7)20-12-6-9(16)5-10(17)13(12)19-14(20)18/h2-6H,1H3,(H2,18,19). The highest BCUT2D eigenvalue weighted by Crippen LogP contribution is 2.29. The van der Waals surface area contributed by atoms with E-state index in [4.69, 9.17) is 17.3 Å². The average Bonchev–Trinajstić information content (AvgIpc) is 2.69. The van der Waals surface area contributed by atoms with Gasteiger partial charge in [0.15, 0.2) is 5.82 Å². The van der Waals surface area contributed by atoms with Crippen molar-refractivity contribution >= 4 is 28.6 Å². The maximum atomic E-state index is 13.7. The average molecular weight is 294 g/mol. The Morgan fingerprint density at radius 2 is 1.95 bits per heavy atom. The molecule has 0 aliphatic heterocycles. The summed E-state index contributed by atoms with van der Waals surface area (Å²) >= 11 is 5.98. The van der Waals surface area contributed by atoms with Gasteiger partial charge in [-0.25, -0.2) is 13.8 Å². The summed E-state index contributed by atoms with van der Waals surface area (Å²) < 4.78 is 28.7. The van der Waals surface area contributed by atoms with Crippen molar-refractivity contribution in [2.24, 2.45) is 0 Å². The fourth-order valence-corrected chi connectivity index (χ4v) is 2.36. The van der Waals surface area contributed by atoms with Crippen LogP contribution in [-0.2, 0) is 0 Å². The molecule has 102 valence electrons. The Hall–Kier alpha value is -2.14. The first-order chi connectivity index (χ1) is 9.47. The molecule has 3 nitrogen and oxygen atoms in total. The Bertz CT molecular complexity index is 827. The molecule has 0 spiro atoms. The smallest absolute Gasteiger partial charge is 0.206 e. The molecule has 3 rings (SSSR count).